The Morgan fingerprint density at radius 3 is 2.46 bits per heavy atom. The van der Waals surface area contributed by atoms with Crippen LogP contribution in [0.25, 0.3) is 0 Å². The van der Waals surface area contributed by atoms with E-state index in [9.17, 15) is 14.4 Å². The molecular weight excluding hydrogens is 306 g/mol. The van der Waals surface area contributed by atoms with Crippen molar-refractivity contribution in [2.75, 3.05) is 6.54 Å². The molecule has 2 fully saturated rings. The summed E-state index contributed by atoms with van der Waals surface area (Å²) in [7, 11) is 0. The van der Waals surface area contributed by atoms with Crippen molar-refractivity contribution in [2.45, 2.75) is 77.8 Å². The Labute approximate surface area is 144 Å². The molecular formula is C18H31N3O3. The molecule has 1 unspecified atom stereocenters. The first-order valence-electron chi connectivity index (χ1n) is 9.17. The monoisotopic (exact) mass is 337 g/mol. The Balaban J connectivity index is 1.89. The van der Waals surface area contributed by atoms with Gasteiger partial charge in [0, 0.05) is 6.04 Å². The molecule has 6 heteroatoms. The molecule has 1 aliphatic carbocycles. The summed E-state index contributed by atoms with van der Waals surface area (Å²) in [6, 6.07) is -0.385. The standard InChI is InChI=1S/C18H31N3O3/c1-12(2)5-6-14(4)19-15(22)11-21-16(23)18(20-17(21)24)9-7-13(3)8-10-18/h12-14H,5-11H2,1-4H3,(H,19,22)(H,20,24). The van der Waals surface area contributed by atoms with E-state index in [2.05, 4.69) is 31.4 Å². The van der Waals surface area contributed by atoms with Crippen molar-refractivity contribution in [1.29, 1.82) is 0 Å². The normalized spacial score (nSPS) is 28.4. The van der Waals surface area contributed by atoms with Crippen LogP contribution in [-0.4, -0.2) is 40.9 Å². The molecule has 1 aliphatic heterocycles. The van der Waals surface area contributed by atoms with E-state index in [-0.39, 0.29) is 24.4 Å². The van der Waals surface area contributed by atoms with E-state index >= 15 is 0 Å². The molecule has 0 aromatic heterocycles. The quantitative estimate of drug-likeness (QED) is 0.731. The Morgan fingerprint density at radius 1 is 1.25 bits per heavy atom. The Bertz CT molecular complexity index is 496. The maximum absolute atomic E-state index is 12.7. The fraction of sp³-hybridized carbons (Fsp3) is 0.833. The van der Waals surface area contributed by atoms with Gasteiger partial charge in [0.05, 0.1) is 0 Å². The van der Waals surface area contributed by atoms with Crippen LogP contribution in [0.2, 0.25) is 0 Å². The van der Waals surface area contributed by atoms with Crippen LogP contribution in [0.15, 0.2) is 0 Å². The third-order valence-electron chi connectivity index (χ3n) is 5.26. The van der Waals surface area contributed by atoms with E-state index in [0.717, 1.165) is 30.6 Å². The molecule has 0 radical (unpaired) electrons. The predicted octanol–water partition coefficient (Wildman–Crippen LogP) is 2.43. The van der Waals surface area contributed by atoms with Gasteiger partial charge in [0.2, 0.25) is 5.91 Å². The number of nitrogens with one attached hydrogen (secondary N) is 2. The van der Waals surface area contributed by atoms with Crippen LogP contribution in [0.3, 0.4) is 0 Å². The fourth-order valence-corrected chi connectivity index (χ4v) is 3.53. The molecule has 1 heterocycles. The molecule has 2 aliphatic rings. The van der Waals surface area contributed by atoms with Gasteiger partial charge < -0.3 is 10.6 Å². The molecule has 6 nitrogen and oxygen atoms in total. The molecule has 2 N–H and O–H groups in total. The van der Waals surface area contributed by atoms with Gasteiger partial charge in [0.15, 0.2) is 0 Å². The number of hydrogen-bond acceptors (Lipinski definition) is 3. The minimum Gasteiger partial charge on any atom is -0.352 e. The van der Waals surface area contributed by atoms with Gasteiger partial charge in [-0.15, -0.1) is 0 Å². The van der Waals surface area contributed by atoms with Crippen LogP contribution in [0.5, 0.6) is 0 Å². The second-order valence-electron chi connectivity index (χ2n) is 8.03. The van der Waals surface area contributed by atoms with Gasteiger partial charge in [-0.05, 0) is 57.3 Å². The summed E-state index contributed by atoms with van der Waals surface area (Å²) in [4.78, 5) is 38.2. The van der Waals surface area contributed by atoms with E-state index in [0.29, 0.717) is 24.7 Å². The number of hydrogen-bond donors (Lipinski definition) is 2. The van der Waals surface area contributed by atoms with Crippen molar-refractivity contribution in [3.05, 3.63) is 0 Å². The minimum atomic E-state index is -0.771. The molecule has 24 heavy (non-hydrogen) atoms. The highest BCUT2D eigenvalue weighted by Crippen LogP contribution is 2.36. The first-order chi connectivity index (χ1) is 11.2. The molecule has 2 rings (SSSR count). The Morgan fingerprint density at radius 2 is 1.88 bits per heavy atom. The van der Waals surface area contributed by atoms with Crippen molar-refractivity contribution in [1.82, 2.24) is 15.5 Å². The van der Waals surface area contributed by atoms with Crippen LogP contribution < -0.4 is 10.6 Å². The van der Waals surface area contributed by atoms with Gasteiger partial charge in [-0.1, -0.05) is 20.8 Å². The highest BCUT2D eigenvalue weighted by Gasteiger charge is 2.52. The highest BCUT2D eigenvalue weighted by atomic mass is 16.2. The lowest BCUT2D eigenvalue weighted by molar-refractivity contribution is -0.136. The second kappa shape index (κ2) is 7.53. The van der Waals surface area contributed by atoms with E-state index < -0.39 is 11.6 Å². The maximum atomic E-state index is 12.7. The summed E-state index contributed by atoms with van der Waals surface area (Å²) in [5, 5.41) is 5.73. The molecule has 1 spiro atoms. The van der Waals surface area contributed by atoms with Crippen molar-refractivity contribution >= 4 is 17.8 Å². The summed E-state index contributed by atoms with van der Waals surface area (Å²) >= 11 is 0. The third kappa shape index (κ3) is 4.28. The number of urea groups is 1. The summed E-state index contributed by atoms with van der Waals surface area (Å²) in [6.07, 6.45) is 5.12. The zero-order valence-electron chi connectivity index (χ0n) is 15.4. The number of amides is 4. The van der Waals surface area contributed by atoms with E-state index in [1.54, 1.807) is 0 Å². The highest BCUT2D eigenvalue weighted by molar-refractivity contribution is 6.09. The molecule has 0 aromatic rings. The van der Waals surface area contributed by atoms with Gasteiger partial charge in [-0.3, -0.25) is 14.5 Å². The Hall–Kier alpha value is -1.59. The van der Waals surface area contributed by atoms with Gasteiger partial charge in [0.25, 0.3) is 5.91 Å². The molecule has 1 saturated carbocycles. The summed E-state index contributed by atoms with van der Waals surface area (Å²) in [6.45, 7) is 8.22. The number of nitrogens with zero attached hydrogens (tertiary/aromatic N) is 1. The van der Waals surface area contributed by atoms with Gasteiger partial charge >= 0.3 is 6.03 Å². The van der Waals surface area contributed by atoms with Crippen molar-refractivity contribution in [3.8, 4) is 0 Å². The van der Waals surface area contributed by atoms with E-state index in [1.807, 2.05) is 6.92 Å². The molecule has 136 valence electrons. The zero-order valence-corrected chi connectivity index (χ0v) is 15.4. The minimum absolute atomic E-state index is 0.0464. The van der Waals surface area contributed by atoms with Crippen LogP contribution in [0, 0.1) is 11.8 Å². The van der Waals surface area contributed by atoms with Gasteiger partial charge in [-0.2, -0.15) is 0 Å². The molecule has 1 atom stereocenters. The lowest BCUT2D eigenvalue weighted by Crippen LogP contribution is -2.50. The van der Waals surface area contributed by atoms with Gasteiger partial charge in [-0.25, -0.2) is 4.79 Å². The lowest BCUT2D eigenvalue weighted by atomic mass is 9.77. The smallest absolute Gasteiger partial charge is 0.325 e. The van der Waals surface area contributed by atoms with Crippen molar-refractivity contribution < 1.29 is 14.4 Å². The predicted molar refractivity (Wildman–Crippen MR) is 92.3 cm³/mol. The first kappa shape index (κ1) is 18.7. The zero-order chi connectivity index (χ0) is 17.9. The molecule has 0 bridgehead atoms. The number of carbonyl (C=O) groups is 3. The maximum Gasteiger partial charge on any atom is 0.325 e. The van der Waals surface area contributed by atoms with Gasteiger partial charge in [0.1, 0.15) is 12.1 Å². The second-order valence-corrected chi connectivity index (χ2v) is 8.03. The van der Waals surface area contributed by atoms with Crippen LogP contribution in [0.4, 0.5) is 4.79 Å². The van der Waals surface area contributed by atoms with Crippen LogP contribution in [0.1, 0.15) is 66.2 Å². The molecule has 0 aromatic carbocycles. The number of carbonyl (C=O) groups excluding carboxylic acids is 3. The average Bonchev–Trinajstić information content (AvgIpc) is 2.73. The summed E-state index contributed by atoms with van der Waals surface area (Å²) in [5.41, 5.74) is -0.771. The van der Waals surface area contributed by atoms with E-state index in [1.165, 1.54) is 0 Å². The summed E-state index contributed by atoms with van der Waals surface area (Å²) < 4.78 is 0. The molecule has 1 saturated heterocycles. The van der Waals surface area contributed by atoms with Crippen molar-refractivity contribution in [2.24, 2.45) is 11.8 Å². The summed E-state index contributed by atoms with van der Waals surface area (Å²) in [5.74, 6) is 0.670. The first-order valence-corrected chi connectivity index (χ1v) is 9.17. The Kier molecular flexibility index (Phi) is 5.88. The van der Waals surface area contributed by atoms with Crippen LogP contribution >= 0.6 is 0 Å². The molecule has 4 amide bonds. The average molecular weight is 337 g/mol. The topological polar surface area (TPSA) is 78.5 Å². The largest absolute Gasteiger partial charge is 0.352 e. The lowest BCUT2D eigenvalue weighted by Gasteiger charge is -2.33. The van der Waals surface area contributed by atoms with Crippen LogP contribution in [-0.2, 0) is 9.59 Å². The number of imide groups is 1. The van der Waals surface area contributed by atoms with E-state index in [4.69, 9.17) is 0 Å². The fourth-order valence-electron chi connectivity index (χ4n) is 3.53. The number of rotatable bonds is 6. The third-order valence-corrected chi connectivity index (χ3v) is 5.26. The SMILES string of the molecule is CC(C)CCC(C)NC(=O)CN1C(=O)NC2(CCC(C)CC2)C1=O. The van der Waals surface area contributed by atoms with Crippen molar-refractivity contribution in [3.63, 3.8) is 0 Å².